The minimum absolute atomic E-state index is 0.0305. The van der Waals surface area contributed by atoms with Gasteiger partial charge in [0.2, 0.25) is 5.91 Å². The lowest BCUT2D eigenvalue weighted by atomic mass is 10.0. The van der Waals surface area contributed by atoms with Crippen LogP contribution >= 0.6 is 22.9 Å². The largest absolute Gasteiger partial charge is 0.493 e. The molecule has 0 unspecified atom stereocenters. The number of fused-ring (bicyclic) bond motifs is 1. The lowest BCUT2D eigenvalue weighted by Crippen LogP contribution is -2.59. The van der Waals surface area contributed by atoms with Crippen LogP contribution in [0.25, 0.3) is 10.2 Å². The molecule has 2 aromatic carbocycles. The normalized spacial score (nSPS) is 14.7. The van der Waals surface area contributed by atoms with Crippen LogP contribution in [0.2, 0.25) is 5.02 Å². The van der Waals surface area contributed by atoms with E-state index in [0.29, 0.717) is 15.3 Å². The second-order valence-corrected chi connectivity index (χ2v) is 8.53. The van der Waals surface area contributed by atoms with Crippen molar-refractivity contribution in [1.82, 2.24) is 14.8 Å². The van der Waals surface area contributed by atoms with E-state index in [1.54, 1.807) is 6.07 Å². The number of carbonyl (C=O) groups excluding carboxylic acids is 4. The number of rotatable bonds is 5. The number of hydrogen-bond acceptors (Lipinski definition) is 8. The summed E-state index contributed by atoms with van der Waals surface area (Å²) < 4.78 is 25.5. The molecule has 10 nitrogen and oxygen atoms in total. The van der Waals surface area contributed by atoms with Crippen LogP contribution in [0.1, 0.15) is 0 Å². The predicted molar refractivity (Wildman–Crippen MR) is 121 cm³/mol. The molecule has 1 aliphatic rings. The molecule has 3 aromatic rings. The molecule has 34 heavy (non-hydrogen) atoms. The number of nitrogens with one attached hydrogen (secondary N) is 1. The van der Waals surface area contributed by atoms with Crippen molar-refractivity contribution in [2.45, 2.75) is 0 Å². The first-order valence-corrected chi connectivity index (χ1v) is 10.8. The number of methoxy groups -OCH3 is 1. The van der Waals surface area contributed by atoms with E-state index in [2.05, 4.69) is 10.3 Å². The molecule has 13 heteroatoms. The van der Waals surface area contributed by atoms with Crippen LogP contribution in [0.4, 0.5) is 14.9 Å². The summed E-state index contributed by atoms with van der Waals surface area (Å²) in [7, 11) is 3.74. The standard InChI is InChI=1S/C21H16ClFN4O6S/c1-26-18(29)14(19(30)27(2)21(26)31)17(28)24-9-4-7-12(13(8-9)32-3)33-20-25-11-6-5-10(22)15(23)16(11)34-20/h4-8,14H,1-3H3,(H,24,28). The summed E-state index contributed by atoms with van der Waals surface area (Å²) in [5, 5.41) is 2.58. The molecule has 4 rings (SSSR count). The maximum Gasteiger partial charge on any atom is 0.332 e. The molecule has 0 saturated carbocycles. The highest BCUT2D eigenvalue weighted by atomic mass is 35.5. The SMILES string of the molecule is COc1cc(NC(=O)C2C(=O)N(C)C(=O)N(C)C2=O)ccc1Oc1nc2ccc(Cl)c(F)c2s1. The average Bonchev–Trinajstić information content (AvgIpc) is 3.23. The van der Waals surface area contributed by atoms with Crippen LogP contribution in [-0.4, -0.2) is 59.7 Å². The molecule has 0 bridgehead atoms. The van der Waals surface area contributed by atoms with E-state index in [-0.39, 0.29) is 32.1 Å². The summed E-state index contributed by atoms with van der Waals surface area (Å²) in [6.07, 6.45) is 0. The number of nitrogens with zero attached hydrogens (tertiary/aromatic N) is 3. The maximum atomic E-state index is 14.2. The van der Waals surface area contributed by atoms with Gasteiger partial charge in [0.1, 0.15) is 0 Å². The Kier molecular flexibility index (Phi) is 6.11. The number of amides is 5. The van der Waals surface area contributed by atoms with Crippen LogP contribution in [0.3, 0.4) is 0 Å². The smallest absolute Gasteiger partial charge is 0.332 e. The third-order valence-corrected chi connectivity index (χ3v) is 6.28. The van der Waals surface area contributed by atoms with Crippen molar-refractivity contribution in [3.05, 3.63) is 41.2 Å². The Morgan fingerprint density at radius 1 is 1.12 bits per heavy atom. The Morgan fingerprint density at radius 2 is 1.79 bits per heavy atom. The molecule has 1 aliphatic heterocycles. The second kappa shape index (κ2) is 8.88. The zero-order chi connectivity index (χ0) is 24.7. The number of hydrogen-bond donors (Lipinski definition) is 1. The highest BCUT2D eigenvalue weighted by Gasteiger charge is 2.46. The number of imide groups is 2. The quantitative estimate of drug-likeness (QED) is 0.526. The Morgan fingerprint density at radius 3 is 2.44 bits per heavy atom. The molecule has 1 N–H and O–H groups in total. The second-order valence-electron chi connectivity index (χ2n) is 7.16. The fourth-order valence-electron chi connectivity index (χ4n) is 3.23. The molecule has 5 amide bonds. The molecular weight excluding hydrogens is 491 g/mol. The van der Waals surface area contributed by atoms with Gasteiger partial charge < -0.3 is 14.8 Å². The molecule has 1 saturated heterocycles. The zero-order valence-corrected chi connectivity index (χ0v) is 19.5. The molecule has 1 aromatic heterocycles. The van der Waals surface area contributed by atoms with Crippen LogP contribution in [-0.2, 0) is 14.4 Å². The van der Waals surface area contributed by atoms with E-state index in [1.165, 1.54) is 45.5 Å². The number of urea groups is 1. The van der Waals surface area contributed by atoms with Crippen molar-refractivity contribution < 1.29 is 33.0 Å². The van der Waals surface area contributed by atoms with Gasteiger partial charge in [-0.15, -0.1) is 0 Å². The molecular formula is C21H16ClFN4O6S. The number of aromatic nitrogens is 1. The summed E-state index contributed by atoms with van der Waals surface area (Å²) in [6, 6.07) is 6.48. The van der Waals surface area contributed by atoms with E-state index in [9.17, 15) is 23.6 Å². The summed E-state index contributed by atoms with van der Waals surface area (Å²) in [5.74, 6) is -4.65. The molecule has 1 fully saturated rings. The Labute approximate surface area is 200 Å². The first kappa shape index (κ1) is 23.4. The summed E-state index contributed by atoms with van der Waals surface area (Å²) in [6.45, 7) is 0. The lowest BCUT2D eigenvalue weighted by molar-refractivity contribution is -0.151. The first-order valence-electron chi connectivity index (χ1n) is 9.62. The molecule has 0 aliphatic carbocycles. The molecule has 0 radical (unpaired) electrons. The van der Waals surface area contributed by atoms with Crippen LogP contribution < -0.4 is 14.8 Å². The topological polar surface area (TPSA) is 118 Å². The number of benzene rings is 2. The van der Waals surface area contributed by atoms with Gasteiger partial charge in [0.15, 0.2) is 23.2 Å². The van der Waals surface area contributed by atoms with Gasteiger partial charge in [-0.25, -0.2) is 14.2 Å². The number of anilines is 1. The fourth-order valence-corrected chi connectivity index (χ4v) is 4.31. The van der Waals surface area contributed by atoms with Crippen LogP contribution in [0.15, 0.2) is 30.3 Å². The minimum atomic E-state index is -1.71. The lowest BCUT2D eigenvalue weighted by Gasteiger charge is -2.32. The van der Waals surface area contributed by atoms with E-state index in [1.807, 2.05) is 0 Å². The molecule has 176 valence electrons. The van der Waals surface area contributed by atoms with Crippen molar-refractivity contribution in [1.29, 1.82) is 0 Å². The maximum absolute atomic E-state index is 14.2. The van der Waals surface area contributed by atoms with E-state index < -0.39 is 35.5 Å². The van der Waals surface area contributed by atoms with E-state index >= 15 is 0 Å². The van der Waals surface area contributed by atoms with Crippen molar-refractivity contribution in [3.8, 4) is 16.7 Å². The number of thiazole rings is 1. The Hall–Kier alpha value is -3.77. The van der Waals surface area contributed by atoms with Gasteiger partial charge in [0.05, 0.1) is 22.3 Å². The Bertz CT molecular complexity index is 1340. The summed E-state index contributed by atoms with van der Waals surface area (Å²) in [5.41, 5.74) is 0.583. The number of carbonyl (C=O) groups is 4. The first-order chi connectivity index (χ1) is 16.1. The monoisotopic (exact) mass is 506 g/mol. The third-order valence-electron chi connectivity index (χ3n) is 5.05. The van der Waals surface area contributed by atoms with Crippen LogP contribution in [0, 0.1) is 11.7 Å². The van der Waals surface area contributed by atoms with Gasteiger partial charge in [-0.3, -0.25) is 24.2 Å². The van der Waals surface area contributed by atoms with Crippen molar-refractivity contribution in [3.63, 3.8) is 0 Å². The highest BCUT2D eigenvalue weighted by Crippen LogP contribution is 2.39. The van der Waals surface area contributed by atoms with Gasteiger partial charge in [0.25, 0.3) is 17.0 Å². The molecule has 2 heterocycles. The van der Waals surface area contributed by atoms with Crippen molar-refractivity contribution in [2.24, 2.45) is 5.92 Å². The van der Waals surface area contributed by atoms with E-state index in [4.69, 9.17) is 21.1 Å². The fraction of sp³-hybridized carbons (Fsp3) is 0.190. The summed E-state index contributed by atoms with van der Waals surface area (Å²) in [4.78, 5) is 54.8. The molecule has 0 atom stereocenters. The van der Waals surface area contributed by atoms with Crippen molar-refractivity contribution in [2.75, 3.05) is 26.5 Å². The third kappa shape index (κ3) is 4.01. The number of halogens is 2. The average molecular weight is 507 g/mol. The summed E-state index contributed by atoms with van der Waals surface area (Å²) >= 11 is 6.76. The van der Waals surface area contributed by atoms with E-state index in [0.717, 1.165) is 11.3 Å². The number of ether oxygens (including phenoxy) is 2. The van der Waals surface area contributed by atoms with Crippen molar-refractivity contribution >= 4 is 62.6 Å². The minimum Gasteiger partial charge on any atom is -0.493 e. The zero-order valence-electron chi connectivity index (χ0n) is 17.9. The van der Waals surface area contributed by atoms with Gasteiger partial charge in [-0.2, -0.15) is 0 Å². The number of barbiturate groups is 1. The van der Waals surface area contributed by atoms with Gasteiger partial charge >= 0.3 is 6.03 Å². The predicted octanol–water partition coefficient (Wildman–Crippen LogP) is 3.49. The van der Waals surface area contributed by atoms with Gasteiger partial charge in [-0.1, -0.05) is 22.9 Å². The highest BCUT2D eigenvalue weighted by molar-refractivity contribution is 7.20. The van der Waals surface area contributed by atoms with Gasteiger partial charge in [-0.05, 0) is 24.3 Å². The molecule has 0 spiro atoms. The Balaban J connectivity index is 1.55. The van der Waals surface area contributed by atoms with Crippen LogP contribution in [0.5, 0.6) is 16.7 Å². The van der Waals surface area contributed by atoms with Gasteiger partial charge in [0, 0.05) is 25.8 Å².